The summed E-state index contributed by atoms with van der Waals surface area (Å²) >= 11 is 0. The van der Waals surface area contributed by atoms with Crippen LogP contribution in [0.5, 0.6) is 0 Å². The molecule has 0 saturated carbocycles. The molecule has 3 rings (SSSR count). The SMILES string of the molecule is Cc1ccc(-n2c(C)cc(C(=O)COC(=O)c3c(C)noc3N)c2C)cc1F. The van der Waals surface area contributed by atoms with Crippen LogP contribution in [0.25, 0.3) is 5.69 Å². The van der Waals surface area contributed by atoms with Gasteiger partial charge in [0.25, 0.3) is 0 Å². The summed E-state index contributed by atoms with van der Waals surface area (Å²) in [6, 6.07) is 6.56. The third-order valence-corrected chi connectivity index (χ3v) is 4.57. The Kier molecular flexibility index (Phi) is 5.04. The molecule has 0 amide bonds. The number of aryl methyl sites for hydroxylation is 3. The van der Waals surface area contributed by atoms with Gasteiger partial charge in [-0.25, -0.2) is 9.18 Å². The largest absolute Gasteiger partial charge is 0.453 e. The topological polar surface area (TPSA) is 100 Å². The third kappa shape index (κ3) is 3.40. The van der Waals surface area contributed by atoms with Gasteiger partial charge in [0.15, 0.2) is 6.61 Å². The fourth-order valence-electron chi connectivity index (χ4n) is 3.08. The van der Waals surface area contributed by atoms with Crippen LogP contribution in [0.15, 0.2) is 28.8 Å². The lowest BCUT2D eigenvalue weighted by Gasteiger charge is -2.11. The van der Waals surface area contributed by atoms with Crippen LogP contribution in [0.1, 0.15) is 43.4 Å². The van der Waals surface area contributed by atoms with E-state index in [2.05, 4.69) is 5.16 Å². The van der Waals surface area contributed by atoms with Crippen molar-refractivity contribution in [3.8, 4) is 5.69 Å². The molecule has 1 aromatic carbocycles. The normalized spacial score (nSPS) is 10.9. The van der Waals surface area contributed by atoms with Crippen LogP contribution in [-0.4, -0.2) is 28.1 Å². The summed E-state index contributed by atoms with van der Waals surface area (Å²) < 4.78 is 25.5. The number of anilines is 1. The van der Waals surface area contributed by atoms with Gasteiger partial charge in [-0.05, 0) is 51.5 Å². The Bertz CT molecular complexity index is 1060. The van der Waals surface area contributed by atoms with Crippen molar-refractivity contribution in [3.63, 3.8) is 0 Å². The minimum absolute atomic E-state index is 0.00778. The second-order valence-corrected chi connectivity index (χ2v) is 6.56. The summed E-state index contributed by atoms with van der Waals surface area (Å²) in [6.45, 7) is 6.33. The number of halogens is 1. The monoisotopic (exact) mass is 385 g/mol. The van der Waals surface area contributed by atoms with Crippen molar-refractivity contribution in [1.82, 2.24) is 9.72 Å². The molecule has 0 atom stereocenters. The number of carbonyl (C=O) groups excluding carboxylic acids is 2. The molecular weight excluding hydrogens is 365 g/mol. The van der Waals surface area contributed by atoms with Crippen LogP contribution in [0.2, 0.25) is 0 Å². The maximum absolute atomic E-state index is 13.9. The third-order valence-electron chi connectivity index (χ3n) is 4.57. The molecule has 0 unspecified atom stereocenters. The Balaban J connectivity index is 1.81. The van der Waals surface area contributed by atoms with E-state index in [9.17, 15) is 14.0 Å². The molecule has 0 aliphatic heterocycles. The van der Waals surface area contributed by atoms with Crippen molar-refractivity contribution in [2.75, 3.05) is 12.3 Å². The summed E-state index contributed by atoms with van der Waals surface area (Å²) in [6.07, 6.45) is 0. The summed E-state index contributed by atoms with van der Waals surface area (Å²) in [7, 11) is 0. The lowest BCUT2D eigenvalue weighted by atomic mass is 10.1. The molecule has 0 aliphatic rings. The minimum Gasteiger partial charge on any atom is -0.453 e. The fraction of sp³-hybridized carbons (Fsp3) is 0.250. The van der Waals surface area contributed by atoms with Gasteiger partial charge in [-0.15, -0.1) is 0 Å². The first kappa shape index (κ1) is 19.3. The highest BCUT2D eigenvalue weighted by molar-refractivity contribution is 6.01. The van der Waals surface area contributed by atoms with Crippen LogP contribution in [-0.2, 0) is 4.74 Å². The maximum Gasteiger partial charge on any atom is 0.346 e. The van der Waals surface area contributed by atoms with Crippen LogP contribution in [0, 0.1) is 33.5 Å². The van der Waals surface area contributed by atoms with E-state index in [1.165, 1.54) is 6.07 Å². The van der Waals surface area contributed by atoms with E-state index < -0.39 is 12.6 Å². The number of aromatic nitrogens is 2. The van der Waals surface area contributed by atoms with Crippen molar-refractivity contribution in [3.05, 3.63) is 63.9 Å². The molecule has 0 fully saturated rings. The quantitative estimate of drug-likeness (QED) is 0.533. The van der Waals surface area contributed by atoms with E-state index in [0.717, 1.165) is 5.69 Å². The zero-order chi connectivity index (χ0) is 20.6. The van der Waals surface area contributed by atoms with Crippen LogP contribution in [0.3, 0.4) is 0 Å². The Hall–Kier alpha value is -3.42. The van der Waals surface area contributed by atoms with Crippen LogP contribution >= 0.6 is 0 Å². The van der Waals surface area contributed by atoms with E-state index in [-0.39, 0.29) is 28.7 Å². The number of hydrogen-bond donors (Lipinski definition) is 1. The van der Waals surface area contributed by atoms with Crippen molar-refractivity contribution >= 4 is 17.6 Å². The van der Waals surface area contributed by atoms with E-state index in [0.29, 0.717) is 22.5 Å². The smallest absolute Gasteiger partial charge is 0.346 e. The Morgan fingerprint density at radius 2 is 1.93 bits per heavy atom. The summed E-state index contributed by atoms with van der Waals surface area (Å²) in [5.41, 5.74) is 8.77. The molecule has 28 heavy (non-hydrogen) atoms. The highest BCUT2D eigenvalue weighted by Crippen LogP contribution is 2.23. The number of rotatable bonds is 5. The first-order valence-corrected chi connectivity index (χ1v) is 8.58. The zero-order valence-corrected chi connectivity index (χ0v) is 16.0. The lowest BCUT2D eigenvalue weighted by molar-refractivity contribution is 0.0474. The number of ether oxygens (including phenoxy) is 1. The molecule has 0 aliphatic carbocycles. The molecule has 7 nitrogen and oxygen atoms in total. The van der Waals surface area contributed by atoms with Crippen molar-refractivity contribution in [2.24, 2.45) is 0 Å². The number of benzene rings is 1. The maximum atomic E-state index is 13.9. The van der Waals surface area contributed by atoms with E-state index >= 15 is 0 Å². The molecule has 2 heterocycles. The first-order valence-electron chi connectivity index (χ1n) is 8.58. The average molecular weight is 385 g/mol. The standard InChI is InChI=1S/C20H20FN3O4/c1-10-5-6-14(8-16(10)21)24-11(2)7-15(13(24)4)17(25)9-27-20(26)18-12(3)23-28-19(18)22/h5-8H,9,22H2,1-4H3. The highest BCUT2D eigenvalue weighted by atomic mass is 19.1. The molecule has 0 bridgehead atoms. The van der Waals surface area contributed by atoms with Crippen LogP contribution in [0.4, 0.5) is 10.3 Å². The molecule has 8 heteroatoms. The number of nitrogens with two attached hydrogens (primary N) is 1. The molecule has 0 radical (unpaired) electrons. The minimum atomic E-state index is -0.779. The number of esters is 1. The average Bonchev–Trinajstić information content (AvgIpc) is 3.13. The van der Waals surface area contributed by atoms with Crippen LogP contribution < -0.4 is 5.73 Å². The van der Waals surface area contributed by atoms with Gasteiger partial charge in [0.05, 0.1) is 5.69 Å². The predicted molar refractivity (Wildman–Crippen MR) is 100 cm³/mol. The molecule has 2 N–H and O–H groups in total. The van der Waals surface area contributed by atoms with Crippen molar-refractivity contribution in [1.29, 1.82) is 0 Å². The molecule has 0 spiro atoms. The number of carbonyl (C=O) groups is 2. The van der Waals surface area contributed by atoms with Gasteiger partial charge in [0.1, 0.15) is 11.4 Å². The number of Topliss-reactive ketones (excluding diaryl/α,β-unsaturated/α-hetero) is 1. The second kappa shape index (κ2) is 7.30. The number of hydrogen-bond acceptors (Lipinski definition) is 6. The number of ketones is 1. The van der Waals surface area contributed by atoms with Gasteiger partial charge >= 0.3 is 5.97 Å². The number of nitrogens with zero attached hydrogens (tertiary/aromatic N) is 2. The zero-order valence-electron chi connectivity index (χ0n) is 16.0. The van der Waals surface area contributed by atoms with Crippen molar-refractivity contribution in [2.45, 2.75) is 27.7 Å². The fourth-order valence-corrected chi connectivity index (χ4v) is 3.08. The van der Waals surface area contributed by atoms with Gasteiger partial charge < -0.3 is 19.6 Å². The van der Waals surface area contributed by atoms with Gasteiger partial charge in [0, 0.05) is 22.6 Å². The lowest BCUT2D eigenvalue weighted by Crippen LogP contribution is -2.16. The summed E-state index contributed by atoms with van der Waals surface area (Å²) in [4.78, 5) is 24.7. The van der Waals surface area contributed by atoms with Gasteiger partial charge in [-0.3, -0.25) is 4.79 Å². The highest BCUT2D eigenvalue weighted by Gasteiger charge is 2.23. The van der Waals surface area contributed by atoms with E-state index in [1.54, 1.807) is 43.5 Å². The predicted octanol–water partition coefficient (Wildman–Crippen LogP) is 3.46. The molecule has 2 aromatic heterocycles. The molecule has 0 saturated heterocycles. The Morgan fingerprint density at radius 1 is 1.21 bits per heavy atom. The molecule has 3 aromatic rings. The molecular formula is C20H20FN3O4. The number of nitrogen functional groups attached to an aromatic ring is 1. The van der Waals surface area contributed by atoms with Crippen molar-refractivity contribution < 1.29 is 23.2 Å². The Labute approximate surface area is 160 Å². The summed E-state index contributed by atoms with van der Waals surface area (Å²) in [5.74, 6) is -1.64. The molecule has 146 valence electrons. The van der Waals surface area contributed by atoms with Gasteiger partial charge in [-0.1, -0.05) is 11.2 Å². The van der Waals surface area contributed by atoms with E-state index in [4.69, 9.17) is 15.0 Å². The first-order chi connectivity index (χ1) is 13.2. The second-order valence-electron chi connectivity index (χ2n) is 6.56. The summed E-state index contributed by atoms with van der Waals surface area (Å²) in [5, 5.41) is 3.58. The van der Waals surface area contributed by atoms with E-state index in [1.807, 2.05) is 6.92 Å². The van der Waals surface area contributed by atoms with Gasteiger partial charge in [0.2, 0.25) is 11.7 Å². The van der Waals surface area contributed by atoms with Gasteiger partial charge in [-0.2, -0.15) is 0 Å². The Morgan fingerprint density at radius 3 is 2.54 bits per heavy atom.